The van der Waals surface area contributed by atoms with Crippen molar-refractivity contribution in [1.29, 1.82) is 0 Å². The highest BCUT2D eigenvalue weighted by Crippen LogP contribution is 2.27. The van der Waals surface area contributed by atoms with Gasteiger partial charge in [-0.2, -0.15) is 0 Å². The lowest BCUT2D eigenvalue weighted by molar-refractivity contribution is 0.601. The van der Waals surface area contributed by atoms with Crippen LogP contribution < -0.4 is 0 Å². The average Bonchev–Trinajstić information content (AvgIpc) is 2.45. The summed E-state index contributed by atoms with van der Waals surface area (Å²) in [4.78, 5) is 8.53. The summed E-state index contributed by atoms with van der Waals surface area (Å²) in [7, 11) is -3.11. The van der Waals surface area contributed by atoms with E-state index in [1.165, 1.54) is 24.6 Å². The van der Waals surface area contributed by atoms with E-state index in [0.717, 1.165) is 0 Å². The fraction of sp³-hybridized carbons (Fsp3) is 0.125. The van der Waals surface area contributed by atoms with Gasteiger partial charge < -0.3 is 0 Å². The molecule has 0 spiro atoms. The molecule has 112 valence electrons. The third kappa shape index (κ3) is 3.12. The van der Waals surface area contributed by atoms with Crippen molar-refractivity contribution in [1.82, 2.24) is 9.97 Å². The molecule has 0 aliphatic rings. The standard InChI is InChI=1S/C16H13FN2O2S/c1-22(20,21)10-11-4-5-15(19-9-11)14-8-13(17)7-12-3-2-6-18-16(12)14/h2-9H,10H2,1H3. The zero-order valence-corrected chi connectivity index (χ0v) is 12.6. The van der Waals surface area contributed by atoms with Crippen LogP contribution >= 0.6 is 0 Å². The molecule has 0 atom stereocenters. The lowest BCUT2D eigenvalue weighted by atomic mass is 10.1. The molecule has 0 unspecified atom stereocenters. The summed E-state index contributed by atoms with van der Waals surface area (Å²) in [5.41, 5.74) is 2.40. The van der Waals surface area contributed by atoms with Crippen molar-refractivity contribution in [2.45, 2.75) is 5.75 Å². The SMILES string of the molecule is CS(=O)(=O)Cc1ccc(-c2cc(F)cc3cccnc23)nc1. The summed E-state index contributed by atoms with van der Waals surface area (Å²) in [6.45, 7) is 0. The van der Waals surface area contributed by atoms with Crippen molar-refractivity contribution in [3.05, 3.63) is 60.2 Å². The molecule has 0 radical (unpaired) electrons. The van der Waals surface area contributed by atoms with Crippen LogP contribution in [0.2, 0.25) is 0 Å². The quantitative estimate of drug-likeness (QED) is 0.745. The van der Waals surface area contributed by atoms with E-state index in [1.54, 1.807) is 30.5 Å². The van der Waals surface area contributed by atoms with Crippen LogP contribution in [-0.4, -0.2) is 24.6 Å². The molecule has 2 heterocycles. The third-order valence-electron chi connectivity index (χ3n) is 3.20. The van der Waals surface area contributed by atoms with E-state index in [2.05, 4.69) is 9.97 Å². The Morgan fingerprint density at radius 1 is 1.14 bits per heavy atom. The number of fused-ring (bicyclic) bond motifs is 1. The first kappa shape index (κ1) is 14.6. The molecule has 0 amide bonds. The van der Waals surface area contributed by atoms with Crippen LogP contribution in [0.25, 0.3) is 22.2 Å². The fourth-order valence-electron chi connectivity index (χ4n) is 2.32. The zero-order chi connectivity index (χ0) is 15.7. The first-order chi connectivity index (χ1) is 10.4. The molecule has 3 rings (SSSR count). The van der Waals surface area contributed by atoms with Crippen molar-refractivity contribution < 1.29 is 12.8 Å². The maximum absolute atomic E-state index is 13.7. The van der Waals surface area contributed by atoms with E-state index in [-0.39, 0.29) is 11.6 Å². The summed E-state index contributed by atoms with van der Waals surface area (Å²) in [5, 5.41) is 0.694. The van der Waals surface area contributed by atoms with Crippen LogP contribution in [0, 0.1) is 5.82 Å². The molecule has 0 saturated carbocycles. The molecule has 22 heavy (non-hydrogen) atoms. The minimum absolute atomic E-state index is 0.0670. The Balaban J connectivity index is 2.08. The van der Waals surface area contributed by atoms with E-state index < -0.39 is 9.84 Å². The number of pyridine rings is 2. The zero-order valence-electron chi connectivity index (χ0n) is 11.8. The molecule has 2 aromatic heterocycles. The van der Waals surface area contributed by atoms with Crippen LogP contribution in [0.15, 0.2) is 48.8 Å². The smallest absolute Gasteiger partial charge is 0.151 e. The number of nitrogens with zero attached hydrogens (tertiary/aromatic N) is 2. The van der Waals surface area contributed by atoms with Crippen LogP contribution in [-0.2, 0) is 15.6 Å². The maximum atomic E-state index is 13.7. The van der Waals surface area contributed by atoms with Gasteiger partial charge in [0.2, 0.25) is 0 Å². The highest BCUT2D eigenvalue weighted by atomic mass is 32.2. The molecule has 3 aromatic rings. The summed E-state index contributed by atoms with van der Waals surface area (Å²) < 4.78 is 36.3. The van der Waals surface area contributed by atoms with Crippen LogP contribution in [0.1, 0.15) is 5.56 Å². The number of aromatic nitrogens is 2. The number of benzene rings is 1. The van der Waals surface area contributed by atoms with Gasteiger partial charge in [-0.05, 0) is 29.8 Å². The highest BCUT2D eigenvalue weighted by molar-refractivity contribution is 7.89. The average molecular weight is 316 g/mol. The number of sulfone groups is 1. The molecule has 6 heteroatoms. The van der Waals surface area contributed by atoms with Gasteiger partial charge in [-0.1, -0.05) is 12.1 Å². The van der Waals surface area contributed by atoms with Crippen molar-refractivity contribution in [2.75, 3.05) is 6.26 Å². The van der Waals surface area contributed by atoms with E-state index in [4.69, 9.17) is 0 Å². The maximum Gasteiger partial charge on any atom is 0.151 e. The van der Waals surface area contributed by atoms with Crippen LogP contribution in [0.3, 0.4) is 0 Å². The Hall–Kier alpha value is -2.34. The first-order valence-electron chi connectivity index (χ1n) is 6.60. The summed E-state index contributed by atoms with van der Waals surface area (Å²) >= 11 is 0. The van der Waals surface area contributed by atoms with E-state index in [9.17, 15) is 12.8 Å². The number of rotatable bonds is 3. The molecule has 4 nitrogen and oxygen atoms in total. The molecule has 0 aliphatic heterocycles. The van der Waals surface area contributed by atoms with Gasteiger partial charge in [0.05, 0.1) is 17.0 Å². The van der Waals surface area contributed by atoms with Gasteiger partial charge in [-0.3, -0.25) is 9.97 Å². The Labute approximate surface area is 127 Å². The lowest BCUT2D eigenvalue weighted by Crippen LogP contribution is -2.01. The van der Waals surface area contributed by atoms with E-state index >= 15 is 0 Å². The van der Waals surface area contributed by atoms with Gasteiger partial charge in [-0.15, -0.1) is 0 Å². The summed E-state index contributed by atoms with van der Waals surface area (Å²) in [5.74, 6) is -0.430. The molecule has 1 aromatic carbocycles. The summed E-state index contributed by atoms with van der Waals surface area (Å²) in [6, 6.07) is 9.70. The monoisotopic (exact) mass is 316 g/mol. The predicted molar refractivity (Wildman–Crippen MR) is 83.5 cm³/mol. The molecule has 0 fully saturated rings. The first-order valence-corrected chi connectivity index (χ1v) is 8.66. The number of halogens is 1. The van der Waals surface area contributed by atoms with Crippen LogP contribution in [0.4, 0.5) is 4.39 Å². The third-order valence-corrected chi connectivity index (χ3v) is 4.06. The molecular weight excluding hydrogens is 303 g/mol. The van der Waals surface area contributed by atoms with Gasteiger partial charge >= 0.3 is 0 Å². The molecule has 0 bridgehead atoms. The molecule has 0 N–H and O–H groups in total. The Morgan fingerprint density at radius 3 is 2.64 bits per heavy atom. The van der Waals surface area contributed by atoms with Gasteiger partial charge in [0.15, 0.2) is 9.84 Å². The van der Waals surface area contributed by atoms with Crippen molar-refractivity contribution in [3.63, 3.8) is 0 Å². The van der Waals surface area contributed by atoms with E-state index in [1.807, 2.05) is 0 Å². The van der Waals surface area contributed by atoms with Gasteiger partial charge in [0.1, 0.15) is 5.82 Å². The second-order valence-corrected chi connectivity index (χ2v) is 7.29. The highest BCUT2D eigenvalue weighted by Gasteiger charge is 2.10. The summed E-state index contributed by atoms with van der Waals surface area (Å²) in [6.07, 6.45) is 4.31. The van der Waals surface area contributed by atoms with E-state index in [0.29, 0.717) is 27.7 Å². The Kier molecular flexibility index (Phi) is 3.62. The fourth-order valence-corrected chi connectivity index (χ4v) is 3.10. The van der Waals surface area contributed by atoms with Gasteiger partial charge in [-0.25, -0.2) is 12.8 Å². The largest absolute Gasteiger partial charge is 0.256 e. The minimum Gasteiger partial charge on any atom is -0.256 e. The number of hydrogen-bond acceptors (Lipinski definition) is 4. The Morgan fingerprint density at radius 2 is 1.95 bits per heavy atom. The van der Waals surface area contributed by atoms with Crippen molar-refractivity contribution in [3.8, 4) is 11.3 Å². The molecule has 0 aliphatic carbocycles. The molecule has 0 saturated heterocycles. The van der Waals surface area contributed by atoms with Gasteiger partial charge in [0.25, 0.3) is 0 Å². The van der Waals surface area contributed by atoms with Crippen molar-refractivity contribution in [2.24, 2.45) is 0 Å². The number of hydrogen-bond donors (Lipinski definition) is 0. The lowest BCUT2D eigenvalue weighted by Gasteiger charge is -2.07. The topological polar surface area (TPSA) is 59.9 Å². The predicted octanol–water partition coefficient (Wildman–Crippen LogP) is 2.98. The second-order valence-electron chi connectivity index (χ2n) is 5.15. The van der Waals surface area contributed by atoms with Crippen molar-refractivity contribution >= 4 is 20.7 Å². The van der Waals surface area contributed by atoms with Crippen LogP contribution in [0.5, 0.6) is 0 Å². The second kappa shape index (κ2) is 5.46. The Bertz CT molecular complexity index is 938. The molecular formula is C16H13FN2O2S. The minimum atomic E-state index is -3.11. The normalized spacial score (nSPS) is 11.7. The van der Waals surface area contributed by atoms with Gasteiger partial charge in [0, 0.05) is 29.6 Å².